The van der Waals surface area contributed by atoms with E-state index in [1.165, 1.54) is 6.20 Å². The van der Waals surface area contributed by atoms with Gasteiger partial charge in [0.05, 0.1) is 0 Å². The van der Waals surface area contributed by atoms with Crippen molar-refractivity contribution in [3.8, 4) is 0 Å². The Kier molecular flexibility index (Phi) is 5.45. The molecule has 0 bridgehead atoms. The van der Waals surface area contributed by atoms with Crippen LogP contribution in [-0.4, -0.2) is 6.21 Å². The van der Waals surface area contributed by atoms with Crippen LogP contribution in [0.15, 0.2) is 78.5 Å². The van der Waals surface area contributed by atoms with Crippen molar-refractivity contribution in [2.24, 2.45) is 4.99 Å². The lowest BCUT2D eigenvalue weighted by Crippen LogP contribution is -1.86. The Morgan fingerprint density at radius 2 is 1.88 bits per heavy atom. The van der Waals surface area contributed by atoms with Crippen molar-refractivity contribution >= 4 is 11.8 Å². The van der Waals surface area contributed by atoms with E-state index in [9.17, 15) is 0 Å². The Morgan fingerprint density at radius 3 is 2.41 bits per heavy atom. The van der Waals surface area contributed by atoms with Crippen LogP contribution in [0.4, 0.5) is 0 Å². The molecule has 0 saturated carbocycles. The van der Waals surface area contributed by atoms with Crippen LogP contribution in [0.2, 0.25) is 0 Å². The average Bonchev–Trinajstić information content (AvgIpc) is 2.40. The summed E-state index contributed by atoms with van der Waals surface area (Å²) in [5.41, 5.74) is 3.23. The van der Waals surface area contributed by atoms with Gasteiger partial charge < -0.3 is 0 Å². The molecule has 1 heteroatoms. The predicted octanol–water partition coefficient (Wildman–Crippen LogP) is 4.42. The summed E-state index contributed by atoms with van der Waals surface area (Å²) in [5, 5.41) is 0. The first-order valence-corrected chi connectivity index (χ1v) is 5.51. The van der Waals surface area contributed by atoms with Crippen LogP contribution in [0.3, 0.4) is 0 Å². The fourth-order valence-corrected chi connectivity index (χ4v) is 1.40. The molecule has 0 N–H and O–H groups in total. The number of allylic oxidation sites excluding steroid dienone is 5. The van der Waals surface area contributed by atoms with Crippen molar-refractivity contribution in [3.05, 3.63) is 79.1 Å². The van der Waals surface area contributed by atoms with Crippen LogP contribution in [0.1, 0.15) is 12.5 Å². The van der Waals surface area contributed by atoms with Crippen LogP contribution in [0, 0.1) is 0 Å². The van der Waals surface area contributed by atoms with E-state index in [0.717, 1.165) is 16.7 Å². The second-order valence-corrected chi connectivity index (χ2v) is 3.42. The molecule has 0 aliphatic heterocycles. The number of aliphatic imine (C=N–C) groups is 1. The number of benzene rings is 1. The number of rotatable bonds is 5. The lowest BCUT2D eigenvalue weighted by molar-refractivity contribution is 1.57. The highest BCUT2D eigenvalue weighted by Crippen LogP contribution is 2.15. The predicted molar refractivity (Wildman–Crippen MR) is 77.1 cm³/mol. The molecule has 0 atom stereocenters. The van der Waals surface area contributed by atoms with Crippen molar-refractivity contribution in [2.45, 2.75) is 6.92 Å². The van der Waals surface area contributed by atoms with E-state index in [1.54, 1.807) is 6.21 Å². The van der Waals surface area contributed by atoms with Gasteiger partial charge in [-0.15, -0.1) is 0 Å². The number of hydrogen-bond donors (Lipinski definition) is 0. The molecular formula is C16H17N. The zero-order chi connectivity index (χ0) is 12.5. The molecule has 1 aromatic carbocycles. The molecule has 0 spiro atoms. The molecule has 0 radical (unpaired) electrons. The van der Waals surface area contributed by atoms with Gasteiger partial charge in [-0.2, -0.15) is 0 Å². The van der Waals surface area contributed by atoms with Gasteiger partial charge in [-0.3, -0.25) is 4.99 Å². The van der Waals surface area contributed by atoms with Crippen molar-refractivity contribution < 1.29 is 0 Å². The topological polar surface area (TPSA) is 12.4 Å². The van der Waals surface area contributed by atoms with Gasteiger partial charge in [0.15, 0.2) is 0 Å². The van der Waals surface area contributed by atoms with Crippen molar-refractivity contribution in [1.82, 2.24) is 0 Å². The first-order valence-electron chi connectivity index (χ1n) is 5.51. The average molecular weight is 223 g/mol. The third kappa shape index (κ3) is 4.07. The normalized spacial score (nSPS) is 12.8. The molecule has 0 aromatic heterocycles. The molecular weight excluding hydrogens is 206 g/mol. The summed E-state index contributed by atoms with van der Waals surface area (Å²) in [6.07, 6.45) is 9.22. The zero-order valence-corrected chi connectivity index (χ0v) is 10.1. The van der Waals surface area contributed by atoms with Crippen molar-refractivity contribution in [1.29, 1.82) is 0 Å². The largest absolute Gasteiger partial charge is 0.265 e. The van der Waals surface area contributed by atoms with Crippen LogP contribution < -0.4 is 0 Å². The van der Waals surface area contributed by atoms with E-state index in [4.69, 9.17) is 0 Å². The molecule has 1 rings (SSSR count). The van der Waals surface area contributed by atoms with E-state index in [-0.39, 0.29) is 0 Å². The first kappa shape index (κ1) is 12.9. The molecule has 17 heavy (non-hydrogen) atoms. The smallest absolute Gasteiger partial charge is 0.0346 e. The third-order valence-corrected chi connectivity index (χ3v) is 2.32. The minimum absolute atomic E-state index is 1.04. The standard InChI is InChI=1S/C16H17N/c1-4-14(5-2)12-16(13-17-6-3)15-10-8-7-9-11-15/h4-13H,1,3H2,2H3/b14-5+,16-12+,17-13?. The summed E-state index contributed by atoms with van der Waals surface area (Å²) in [5.74, 6) is 0. The summed E-state index contributed by atoms with van der Waals surface area (Å²) in [4.78, 5) is 4.08. The summed E-state index contributed by atoms with van der Waals surface area (Å²) < 4.78 is 0. The van der Waals surface area contributed by atoms with E-state index < -0.39 is 0 Å². The molecule has 0 unspecified atom stereocenters. The minimum atomic E-state index is 1.04. The number of nitrogens with zero attached hydrogens (tertiary/aromatic N) is 1. The Hall–Kier alpha value is -2.15. The van der Waals surface area contributed by atoms with Crippen LogP contribution >= 0.6 is 0 Å². The fourth-order valence-electron chi connectivity index (χ4n) is 1.40. The van der Waals surface area contributed by atoms with Crippen LogP contribution in [0.25, 0.3) is 5.57 Å². The van der Waals surface area contributed by atoms with Crippen molar-refractivity contribution in [2.75, 3.05) is 0 Å². The summed E-state index contributed by atoms with van der Waals surface area (Å²) >= 11 is 0. The summed E-state index contributed by atoms with van der Waals surface area (Å²) in [7, 11) is 0. The number of hydrogen-bond acceptors (Lipinski definition) is 1. The van der Waals surface area contributed by atoms with E-state index >= 15 is 0 Å². The highest BCUT2D eigenvalue weighted by molar-refractivity contribution is 6.10. The quantitative estimate of drug-likeness (QED) is 0.517. The molecule has 0 fully saturated rings. The van der Waals surface area contributed by atoms with Crippen LogP contribution in [0.5, 0.6) is 0 Å². The molecule has 1 aromatic rings. The summed E-state index contributed by atoms with van der Waals surface area (Å²) in [6.45, 7) is 9.35. The van der Waals surface area contributed by atoms with Crippen molar-refractivity contribution in [3.63, 3.8) is 0 Å². The monoisotopic (exact) mass is 223 g/mol. The van der Waals surface area contributed by atoms with Gasteiger partial charge in [0.25, 0.3) is 0 Å². The van der Waals surface area contributed by atoms with Gasteiger partial charge in [0.2, 0.25) is 0 Å². The zero-order valence-electron chi connectivity index (χ0n) is 10.1. The highest BCUT2D eigenvalue weighted by atomic mass is 14.7. The van der Waals surface area contributed by atoms with Crippen LogP contribution in [-0.2, 0) is 0 Å². The molecule has 0 saturated heterocycles. The molecule has 86 valence electrons. The van der Waals surface area contributed by atoms with Gasteiger partial charge in [0.1, 0.15) is 0 Å². The maximum atomic E-state index is 4.08. The molecule has 0 aliphatic carbocycles. The van der Waals surface area contributed by atoms with Gasteiger partial charge in [-0.1, -0.05) is 55.6 Å². The van der Waals surface area contributed by atoms with Gasteiger partial charge in [0, 0.05) is 18.0 Å². The second-order valence-electron chi connectivity index (χ2n) is 3.42. The van der Waals surface area contributed by atoms with E-state index in [0.29, 0.717) is 0 Å². The maximum absolute atomic E-state index is 4.08. The third-order valence-electron chi connectivity index (χ3n) is 2.32. The molecule has 0 aliphatic rings. The second kappa shape index (κ2) is 7.18. The first-order chi connectivity index (χ1) is 8.31. The van der Waals surface area contributed by atoms with E-state index in [2.05, 4.69) is 36.4 Å². The molecule has 1 nitrogen and oxygen atoms in total. The van der Waals surface area contributed by atoms with Gasteiger partial charge in [-0.05, 0) is 24.1 Å². The Balaban J connectivity index is 3.17. The Morgan fingerprint density at radius 1 is 1.18 bits per heavy atom. The van der Waals surface area contributed by atoms with E-state index in [1.807, 2.05) is 37.3 Å². The van der Waals surface area contributed by atoms with Gasteiger partial charge in [-0.25, -0.2) is 0 Å². The maximum Gasteiger partial charge on any atom is 0.0346 e. The summed E-state index contributed by atoms with van der Waals surface area (Å²) in [6, 6.07) is 10.1. The molecule has 0 heterocycles. The lowest BCUT2D eigenvalue weighted by Gasteiger charge is -2.02. The Bertz CT molecular complexity index is 462. The highest BCUT2D eigenvalue weighted by Gasteiger charge is 1.97. The fraction of sp³-hybridized carbons (Fsp3) is 0.0625. The van der Waals surface area contributed by atoms with Gasteiger partial charge >= 0.3 is 0 Å². The Labute approximate surface area is 103 Å². The minimum Gasteiger partial charge on any atom is -0.265 e. The SMILES string of the molecule is C=CN=C/C(=C\C(C=C)=C\C)c1ccccc1. The molecule has 0 amide bonds. The lowest BCUT2D eigenvalue weighted by atomic mass is 10.0.